The summed E-state index contributed by atoms with van der Waals surface area (Å²) in [5.74, 6) is -0.116. The number of thiophene rings is 1. The summed E-state index contributed by atoms with van der Waals surface area (Å²) in [6, 6.07) is 10.8. The highest BCUT2D eigenvalue weighted by atomic mass is 35.5. The van der Waals surface area contributed by atoms with Gasteiger partial charge in [0, 0.05) is 5.02 Å². The zero-order valence-corrected chi connectivity index (χ0v) is 11.9. The summed E-state index contributed by atoms with van der Waals surface area (Å²) in [7, 11) is 0. The van der Waals surface area contributed by atoms with Gasteiger partial charge in [-0.1, -0.05) is 35.3 Å². The molecule has 0 aliphatic carbocycles. The van der Waals surface area contributed by atoms with Gasteiger partial charge in [-0.15, -0.1) is 11.3 Å². The molecule has 0 bridgehead atoms. The fourth-order valence-corrected chi connectivity index (χ4v) is 2.61. The van der Waals surface area contributed by atoms with Crippen LogP contribution in [-0.4, -0.2) is 5.91 Å². The fraction of sp³-hybridized carbons (Fsp3) is 0.154. The smallest absolute Gasteiger partial charge is 0.261 e. The molecule has 0 unspecified atom stereocenters. The minimum atomic E-state index is -0.116. The molecule has 0 saturated carbocycles. The molecule has 2 rings (SSSR count). The molecule has 0 aliphatic rings. The van der Waals surface area contributed by atoms with E-state index in [0.717, 1.165) is 5.56 Å². The van der Waals surface area contributed by atoms with Gasteiger partial charge in [0.25, 0.3) is 5.91 Å². The van der Waals surface area contributed by atoms with Gasteiger partial charge in [0.15, 0.2) is 0 Å². The molecule has 1 N–H and O–H groups in total. The van der Waals surface area contributed by atoms with Crippen LogP contribution in [0.1, 0.15) is 28.2 Å². The van der Waals surface area contributed by atoms with Crippen LogP contribution < -0.4 is 5.32 Å². The Labute approximate surface area is 120 Å². The second-order valence-corrected chi connectivity index (χ2v) is 6.00. The first kappa shape index (κ1) is 13.4. The largest absolute Gasteiger partial charge is 0.345 e. The van der Waals surface area contributed by atoms with E-state index in [4.69, 9.17) is 23.2 Å². The number of hydrogen-bond acceptors (Lipinski definition) is 2. The number of nitrogens with one attached hydrogen (secondary N) is 1. The molecule has 5 heteroatoms. The Morgan fingerprint density at radius 1 is 1.17 bits per heavy atom. The first-order valence-electron chi connectivity index (χ1n) is 5.38. The zero-order valence-electron chi connectivity index (χ0n) is 9.61. The van der Waals surface area contributed by atoms with Crippen LogP contribution in [0, 0.1) is 0 Å². The number of hydrogen-bond donors (Lipinski definition) is 1. The molecule has 0 aliphatic heterocycles. The molecule has 1 atom stereocenters. The molecule has 0 saturated heterocycles. The molecule has 0 spiro atoms. The molecule has 2 nitrogen and oxygen atoms in total. The Hall–Kier alpha value is -1.03. The van der Waals surface area contributed by atoms with Gasteiger partial charge in [-0.2, -0.15) is 0 Å². The van der Waals surface area contributed by atoms with E-state index >= 15 is 0 Å². The van der Waals surface area contributed by atoms with Crippen LogP contribution in [0.15, 0.2) is 36.4 Å². The van der Waals surface area contributed by atoms with Crippen molar-refractivity contribution >= 4 is 40.4 Å². The highest BCUT2D eigenvalue weighted by molar-refractivity contribution is 7.17. The average Bonchev–Trinajstić information content (AvgIpc) is 2.76. The molecule has 1 amide bonds. The van der Waals surface area contributed by atoms with Gasteiger partial charge < -0.3 is 5.32 Å². The molecule has 1 aromatic heterocycles. The molecule has 0 radical (unpaired) electrons. The van der Waals surface area contributed by atoms with Crippen LogP contribution in [0.2, 0.25) is 9.36 Å². The van der Waals surface area contributed by atoms with Crippen LogP contribution >= 0.6 is 34.5 Å². The maximum absolute atomic E-state index is 11.9. The Balaban J connectivity index is 2.05. The number of carbonyl (C=O) groups is 1. The second-order valence-electron chi connectivity index (χ2n) is 3.85. The van der Waals surface area contributed by atoms with Crippen LogP contribution in [0.5, 0.6) is 0 Å². The maximum atomic E-state index is 11.9. The van der Waals surface area contributed by atoms with E-state index in [-0.39, 0.29) is 11.9 Å². The van der Waals surface area contributed by atoms with E-state index in [1.54, 1.807) is 12.1 Å². The fourth-order valence-electron chi connectivity index (χ4n) is 1.54. The quantitative estimate of drug-likeness (QED) is 0.885. The summed E-state index contributed by atoms with van der Waals surface area (Å²) in [4.78, 5) is 12.5. The number of benzene rings is 1. The minimum Gasteiger partial charge on any atom is -0.345 e. The first-order valence-corrected chi connectivity index (χ1v) is 6.95. The summed E-state index contributed by atoms with van der Waals surface area (Å²) in [6.45, 7) is 1.93. The summed E-state index contributed by atoms with van der Waals surface area (Å²) < 4.78 is 0.610. The molecular weight excluding hydrogens is 289 g/mol. The lowest BCUT2D eigenvalue weighted by Gasteiger charge is -2.13. The second kappa shape index (κ2) is 5.74. The SMILES string of the molecule is C[C@H](NC(=O)c1ccc(Cl)s1)c1ccc(Cl)cc1. The Kier molecular flexibility index (Phi) is 4.27. The van der Waals surface area contributed by atoms with Crippen molar-refractivity contribution in [1.29, 1.82) is 0 Å². The number of carbonyl (C=O) groups excluding carboxylic acids is 1. The third-order valence-electron chi connectivity index (χ3n) is 2.51. The van der Waals surface area contributed by atoms with Gasteiger partial charge in [0.1, 0.15) is 0 Å². The molecule has 1 aromatic carbocycles. The van der Waals surface area contributed by atoms with E-state index in [9.17, 15) is 4.79 Å². The van der Waals surface area contributed by atoms with Crippen LogP contribution in [0.3, 0.4) is 0 Å². The molecule has 1 heterocycles. The predicted molar refractivity (Wildman–Crippen MR) is 76.7 cm³/mol. The predicted octanol–water partition coefficient (Wildman–Crippen LogP) is 4.55. The van der Waals surface area contributed by atoms with Gasteiger partial charge in [-0.05, 0) is 36.8 Å². The van der Waals surface area contributed by atoms with Crippen LogP contribution in [-0.2, 0) is 0 Å². The van der Waals surface area contributed by atoms with Crippen molar-refractivity contribution in [1.82, 2.24) is 5.32 Å². The lowest BCUT2D eigenvalue weighted by Crippen LogP contribution is -2.25. The van der Waals surface area contributed by atoms with Crippen molar-refractivity contribution in [2.45, 2.75) is 13.0 Å². The first-order chi connectivity index (χ1) is 8.56. The topological polar surface area (TPSA) is 29.1 Å². The highest BCUT2D eigenvalue weighted by Crippen LogP contribution is 2.22. The van der Waals surface area contributed by atoms with E-state index in [1.807, 2.05) is 31.2 Å². The lowest BCUT2D eigenvalue weighted by molar-refractivity contribution is 0.0944. The zero-order chi connectivity index (χ0) is 13.1. The molecule has 18 heavy (non-hydrogen) atoms. The normalized spacial score (nSPS) is 12.2. The molecule has 2 aromatic rings. The van der Waals surface area contributed by atoms with Crippen molar-refractivity contribution in [3.05, 3.63) is 56.2 Å². The Morgan fingerprint density at radius 3 is 2.39 bits per heavy atom. The average molecular weight is 300 g/mol. The van der Waals surface area contributed by atoms with Crippen molar-refractivity contribution in [2.24, 2.45) is 0 Å². The standard InChI is InChI=1S/C13H11Cl2NOS/c1-8(9-2-4-10(14)5-3-9)16-13(17)11-6-7-12(15)18-11/h2-8H,1H3,(H,16,17)/t8-/m0/s1. The summed E-state index contributed by atoms with van der Waals surface area (Å²) >= 11 is 12.9. The van der Waals surface area contributed by atoms with Crippen molar-refractivity contribution in [3.8, 4) is 0 Å². The molecular formula is C13H11Cl2NOS. The van der Waals surface area contributed by atoms with Crippen LogP contribution in [0.25, 0.3) is 0 Å². The number of halogens is 2. The maximum Gasteiger partial charge on any atom is 0.261 e. The van der Waals surface area contributed by atoms with Crippen LogP contribution in [0.4, 0.5) is 0 Å². The van der Waals surface area contributed by atoms with Gasteiger partial charge in [-0.25, -0.2) is 0 Å². The monoisotopic (exact) mass is 299 g/mol. The van der Waals surface area contributed by atoms with E-state index in [1.165, 1.54) is 11.3 Å². The van der Waals surface area contributed by atoms with Gasteiger partial charge in [0.05, 0.1) is 15.3 Å². The highest BCUT2D eigenvalue weighted by Gasteiger charge is 2.13. The van der Waals surface area contributed by atoms with E-state index in [2.05, 4.69) is 5.32 Å². The number of amides is 1. The lowest BCUT2D eigenvalue weighted by atomic mass is 10.1. The van der Waals surface area contributed by atoms with Crippen molar-refractivity contribution < 1.29 is 4.79 Å². The third kappa shape index (κ3) is 3.25. The van der Waals surface area contributed by atoms with Crippen molar-refractivity contribution in [3.63, 3.8) is 0 Å². The molecule has 94 valence electrons. The molecule has 0 fully saturated rings. The minimum absolute atomic E-state index is 0.0735. The number of rotatable bonds is 3. The summed E-state index contributed by atoms with van der Waals surface area (Å²) in [5.41, 5.74) is 1.01. The third-order valence-corrected chi connectivity index (χ3v) is 4.00. The van der Waals surface area contributed by atoms with Gasteiger partial charge in [0.2, 0.25) is 0 Å². The summed E-state index contributed by atoms with van der Waals surface area (Å²) in [6.07, 6.45) is 0. The van der Waals surface area contributed by atoms with Crippen molar-refractivity contribution in [2.75, 3.05) is 0 Å². The Morgan fingerprint density at radius 2 is 1.83 bits per heavy atom. The van der Waals surface area contributed by atoms with Gasteiger partial charge in [-0.3, -0.25) is 4.79 Å². The van der Waals surface area contributed by atoms with Gasteiger partial charge >= 0.3 is 0 Å². The van der Waals surface area contributed by atoms with E-state index < -0.39 is 0 Å². The van der Waals surface area contributed by atoms with E-state index in [0.29, 0.717) is 14.2 Å². The Bertz CT molecular complexity index is 550. The summed E-state index contributed by atoms with van der Waals surface area (Å²) in [5, 5.41) is 3.60.